The number of benzene rings is 2. The first kappa shape index (κ1) is 17.3. The van der Waals surface area contributed by atoms with Crippen molar-refractivity contribution in [1.82, 2.24) is 0 Å². The van der Waals surface area contributed by atoms with Crippen LogP contribution >= 0.6 is 23.4 Å². The standard InChI is InChI=1S/C16H15ClN2O3S/c1-11(17)15(23-14-5-3-2-4-6-14)16(20)18-12-7-9-13(10-8-12)19(21)22/h2-11,15H,1H3,(H,18,20)/t11-,15+/m1/s1. The average molecular weight is 351 g/mol. The molecule has 0 aliphatic carbocycles. The third-order valence-electron chi connectivity index (χ3n) is 3.03. The van der Waals surface area contributed by atoms with Crippen LogP contribution in [0.15, 0.2) is 59.5 Å². The molecule has 2 atom stereocenters. The summed E-state index contributed by atoms with van der Waals surface area (Å²) in [5.74, 6) is -0.241. The lowest BCUT2D eigenvalue weighted by atomic mass is 10.2. The largest absolute Gasteiger partial charge is 0.325 e. The molecule has 0 aliphatic rings. The molecule has 23 heavy (non-hydrogen) atoms. The third kappa shape index (κ3) is 4.97. The monoisotopic (exact) mass is 350 g/mol. The zero-order chi connectivity index (χ0) is 16.8. The van der Waals surface area contributed by atoms with Crippen molar-refractivity contribution in [3.8, 4) is 0 Å². The Bertz CT molecular complexity index is 677. The fraction of sp³-hybridized carbons (Fsp3) is 0.188. The van der Waals surface area contributed by atoms with Gasteiger partial charge in [-0.05, 0) is 31.2 Å². The molecule has 0 bridgehead atoms. The number of rotatable bonds is 6. The molecule has 5 nitrogen and oxygen atoms in total. The smallest absolute Gasteiger partial charge is 0.269 e. The molecule has 2 aromatic carbocycles. The normalized spacial score (nSPS) is 13.1. The number of amides is 1. The molecule has 0 unspecified atom stereocenters. The van der Waals surface area contributed by atoms with Crippen molar-refractivity contribution >= 4 is 40.6 Å². The lowest BCUT2D eigenvalue weighted by Gasteiger charge is -2.18. The Morgan fingerprint density at radius 2 is 1.78 bits per heavy atom. The first-order chi connectivity index (χ1) is 11.0. The Labute approximate surface area is 143 Å². The summed E-state index contributed by atoms with van der Waals surface area (Å²) in [6, 6.07) is 15.2. The van der Waals surface area contributed by atoms with Crippen LogP contribution in [0.25, 0.3) is 0 Å². The fourth-order valence-corrected chi connectivity index (χ4v) is 3.11. The molecule has 0 aliphatic heterocycles. The first-order valence-corrected chi connectivity index (χ1v) is 8.20. The second-order valence-corrected chi connectivity index (χ2v) is 6.73. The van der Waals surface area contributed by atoms with Gasteiger partial charge < -0.3 is 5.32 Å². The van der Waals surface area contributed by atoms with E-state index in [1.54, 1.807) is 6.92 Å². The minimum absolute atomic E-state index is 0.0241. The number of non-ortho nitro benzene ring substituents is 1. The zero-order valence-electron chi connectivity index (χ0n) is 12.3. The topological polar surface area (TPSA) is 72.2 Å². The molecule has 0 saturated carbocycles. The van der Waals surface area contributed by atoms with Gasteiger partial charge >= 0.3 is 0 Å². The summed E-state index contributed by atoms with van der Waals surface area (Å²) in [7, 11) is 0. The van der Waals surface area contributed by atoms with E-state index in [2.05, 4.69) is 5.32 Å². The van der Waals surface area contributed by atoms with Crippen LogP contribution in [0.3, 0.4) is 0 Å². The second-order valence-electron chi connectivity index (χ2n) is 4.82. The van der Waals surface area contributed by atoms with Crippen molar-refractivity contribution in [2.45, 2.75) is 22.4 Å². The van der Waals surface area contributed by atoms with Crippen LogP contribution in [0.2, 0.25) is 0 Å². The number of hydrogen-bond donors (Lipinski definition) is 1. The average Bonchev–Trinajstić information content (AvgIpc) is 2.53. The van der Waals surface area contributed by atoms with Crippen molar-refractivity contribution in [3.05, 3.63) is 64.7 Å². The Morgan fingerprint density at radius 1 is 1.17 bits per heavy atom. The highest BCUT2D eigenvalue weighted by Crippen LogP contribution is 2.28. The Hall–Kier alpha value is -2.05. The molecule has 0 fully saturated rings. The van der Waals surface area contributed by atoms with Crippen LogP contribution in [-0.4, -0.2) is 21.5 Å². The highest BCUT2D eigenvalue weighted by molar-refractivity contribution is 8.00. The molecule has 2 rings (SSSR count). The number of carbonyl (C=O) groups excluding carboxylic acids is 1. The van der Waals surface area contributed by atoms with Gasteiger partial charge in [0, 0.05) is 22.7 Å². The van der Waals surface area contributed by atoms with Gasteiger partial charge in [-0.3, -0.25) is 14.9 Å². The third-order valence-corrected chi connectivity index (χ3v) is 4.85. The first-order valence-electron chi connectivity index (χ1n) is 6.88. The molecular weight excluding hydrogens is 336 g/mol. The number of anilines is 1. The van der Waals surface area contributed by atoms with E-state index in [0.29, 0.717) is 5.69 Å². The van der Waals surface area contributed by atoms with Crippen LogP contribution in [0.5, 0.6) is 0 Å². The van der Waals surface area contributed by atoms with E-state index in [9.17, 15) is 14.9 Å². The molecule has 0 aromatic heterocycles. The molecule has 1 N–H and O–H groups in total. The van der Waals surface area contributed by atoms with Crippen molar-refractivity contribution < 1.29 is 9.72 Å². The summed E-state index contributed by atoms with van der Waals surface area (Å²) < 4.78 is 0. The minimum atomic E-state index is -0.486. The molecule has 1 amide bonds. The molecule has 0 radical (unpaired) electrons. The molecule has 120 valence electrons. The van der Waals surface area contributed by atoms with E-state index in [1.165, 1.54) is 36.0 Å². The molecule has 0 spiro atoms. The minimum Gasteiger partial charge on any atom is -0.325 e. The second kappa shape index (κ2) is 7.99. The van der Waals surface area contributed by atoms with E-state index in [1.807, 2.05) is 30.3 Å². The van der Waals surface area contributed by atoms with E-state index in [0.717, 1.165) is 4.90 Å². The maximum absolute atomic E-state index is 12.4. The number of thioether (sulfide) groups is 1. The highest BCUT2D eigenvalue weighted by Gasteiger charge is 2.25. The highest BCUT2D eigenvalue weighted by atomic mass is 35.5. The zero-order valence-corrected chi connectivity index (χ0v) is 13.9. The van der Waals surface area contributed by atoms with Crippen molar-refractivity contribution in [2.75, 3.05) is 5.32 Å². The number of nitrogens with one attached hydrogen (secondary N) is 1. The summed E-state index contributed by atoms with van der Waals surface area (Å²) in [4.78, 5) is 23.5. The van der Waals surface area contributed by atoms with Gasteiger partial charge in [0.1, 0.15) is 5.25 Å². The van der Waals surface area contributed by atoms with Crippen LogP contribution in [0.4, 0.5) is 11.4 Å². The summed E-state index contributed by atoms with van der Waals surface area (Å²) in [6.07, 6.45) is 0. The Morgan fingerprint density at radius 3 is 2.30 bits per heavy atom. The van der Waals surface area contributed by atoms with Gasteiger partial charge in [0.05, 0.1) is 10.3 Å². The van der Waals surface area contributed by atoms with Gasteiger partial charge in [-0.25, -0.2) is 0 Å². The fourth-order valence-electron chi connectivity index (χ4n) is 1.88. The van der Waals surface area contributed by atoms with Gasteiger partial charge in [-0.15, -0.1) is 23.4 Å². The SMILES string of the molecule is C[C@@H](Cl)[C@H](Sc1ccccc1)C(=O)Nc1ccc([N+](=O)[O-])cc1. The lowest BCUT2D eigenvalue weighted by Crippen LogP contribution is -2.31. The Kier molecular flexibility index (Phi) is 6.01. The number of nitrogens with zero attached hydrogens (tertiary/aromatic N) is 1. The number of nitro benzene ring substituents is 1. The van der Waals surface area contributed by atoms with E-state index in [4.69, 9.17) is 11.6 Å². The van der Waals surface area contributed by atoms with Gasteiger partial charge in [-0.2, -0.15) is 0 Å². The quantitative estimate of drug-likeness (QED) is 0.364. The van der Waals surface area contributed by atoms with E-state index >= 15 is 0 Å². The lowest BCUT2D eigenvalue weighted by molar-refractivity contribution is -0.384. The number of hydrogen-bond acceptors (Lipinski definition) is 4. The van der Waals surface area contributed by atoms with Gasteiger partial charge in [0.2, 0.25) is 5.91 Å². The van der Waals surface area contributed by atoms with Gasteiger partial charge in [-0.1, -0.05) is 18.2 Å². The maximum Gasteiger partial charge on any atom is 0.269 e. The molecule has 0 saturated heterocycles. The summed E-state index contributed by atoms with van der Waals surface area (Å²) in [6.45, 7) is 1.76. The molecular formula is C16H15ClN2O3S. The number of halogens is 1. The predicted molar refractivity (Wildman–Crippen MR) is 93.1 cm³/mol. The van der Waals surface area contributed by atoms with Crippen molar-refractivity contribution in [2.24, 2.45) is 0 Å². The number of alkyl halides is 1. The van der Waals surface area contributed by atoms with Gasteiger partial charge in [0.25, 0.3) is 5.69 Å². The van der Waals surface area contributed by atoms with E-state index in [-0.39, 0.29) is 17.0 Å². The maximum atomic E-state index is 12.4. The van der Waals surface area contributed by atoms with Crippen LogP contribution < -0.4 is 5.32 Å². The van der Waals surface area contributed by atoms with Gasteiger partial charge in [0.15, 0.2) is 0 Å². The molecule has 7 heteroatoms. The van der Waals surface area contributed by atoms with Crippen molar-refractivity contribution in [3.63, 3.8) is 0 Å². The van der Waals surface area contributed by atoms with Crippen LogP contribution in [0.1, 0.15) is 6.92 Å². The molecule has 2 aromatic rings. The summed E-state index contributed by atoms with van der Waals surface area (Å²) >= 11 is 7.53. The number of carbonyl (C=O) groups is 1. The molecule has 0 heterocycles. The van der Waals surface area contributed by atoms with Crippen molar-refractivity contribution in [1.29, 1.82) is 0 Å². The van der Waals surface area contributed by atoms with Crippen LogP contribution in [0, 0.1) is 10.1 Å². The van der Waals surface area contributed by atoms with E-state index < -0.39 is 10.2 Å². The van der Waals surface area contributed by atoms with Crippen LogP contribution in [-0.2, 0) is 4.79 Å². The summed E-state index contributed by atoms with van der Waals surface area (Å²) in [5, 5.41) is 12.5. The Balaban J connectivity index is 2.07. The number of nitro groups is 1. The predicted octanol–water partition coefficient (Wildman–Crippen LogP) is 4.32. The summed E-state index contributed by atoms with van der Waals surface area (Å²) in [5.41, 5.74) is 0.473.